The van der Waals surface area contributed by atoms with E-state index in [1.54, 1.807) is 0 Å². The van der Waals surface area contributed by atoms with Crippen LogP contribution in [0, 0.1) is 0 Å². The van der Waals surface area contributed by atoms with Crippen LogP contribution in [0.1, 0.15) is 112 Å². The highest BCUT2D eigenvalue weighted by molar-refractivity contribution is 6.01. The zero-order valence-electron chi connectivity index (χ0n) is 27.8. The van der Waals surface area contributed by atoms with Crippen molar-refractivity contribution in [2.45, 2.75) is 102 Å². The number of hydrogen-bond acceptors (Lipinski definition) is 4. The number of benzene rings is 3. The number of anilines is 1. The fourth-order valence-corrected chi connectivity index (χ4v) is 7.91. The highest BCUT2D eigenvalue weighted by Crippen LogP contribution is 2.51. The number of phenols is 1. The normalized spacial score (nSPS) is 17.6. The smallest absolute Gasteiger partial charge is 0.264 e. The topological polar surface area (TPSA) is 58.4 Å². The number of carbonyl (C=O) groups is 1. The van der Waals surface area contributed by atoms with Gasteiger partial charge in [0, 0.05) is 47.6 Å². The van der Waals surface area contributed by atoms with Gasteiger partial charge in [0.2, 0.25) is 0 Å². The lowest BCUT2D eigenvalue weighted by molar-refractivity contribution is 0.0963. The third kappa shape index (κ3) is 5.82. The number of aryl methyl sites for hydroxylation is 1. The van der Waals surface area contributed by atoms with Crippen molar-refractivity contribution in [3.8, 4) is 28.4 Å². The summed E-state index contributed by atoms with van der Waals surface area (Å²) in [4.78, 5) is 21.9. The molecule has 6 rings (SSSR count). The standard InChI is InChI=1S/C40H49N3O2/c1-6-34-35(28-18-20-31(21-19-28)42(4)5)43(38(45)29-16-10-7-11-17-29)37(41-34)30-26-32(39(2)22-12-8-13-23-39)36(44)33(27-30)40(3)24-14-9-15-25-40/h7,10-11,16-21,26-27,44H,6,8-9,12-15,22-25H2,1-5H3. The summed E-state index contributed by atoms with van der Waals surface area (Å²) >= 11 is 0. The molecule has 0 radical (unpaired) electrons. The Morgan fingerprint density at radius 1 is 0.800 bits per heavy atom. The van der Waals surface area contributed by atoms with Crippen LogP contribution in [0.3, 0.4) is 0 Å². The quantitative estimate of drug-likeness (QED) is 0.228. The summed E-state index contributed by atoms with van der Waals surface area (Å²) in [5, 5.41) is 12.1. The molecule has 1 N–H and O–H groups in total. The molecule has 3 aromatic carbocycles. The highest BCUT2D eigenvalue weighted by atomic mass is 16.3. The van der Waals surface area contributed by atoms with Gasteiger partial charge in [-0.25, -0.2) is 4.98 Å². The zero-order chi connectivity index (χ0) is 31.8. The number of hydrogen-bond donors (Lipinski definition) is 1. The third-order valence-electron chi connectivity index (χ3n) is 10.7. The molecule has 2 aliphatic rings. The predicted octanol–water partition coefficient (Wildman–Crippen LogP) is 9.68. The lowest BCUT2D eigenvalue weighted by atomic mass is 9.66. The molecule has 0 aliphatic heterocycles. The fraction of sp³-hybridized carbons (Fsp3) is 0.450. The molecule has 0 bridgehead atoms. The highest BCUT2D eigenvalue weighted by Gasteiger charge is 2.38. The molecule has 1 heterocycles. The summed E-state index contributed by atoms with van der Waals surface area (Å²) in [7, 11) is 4.07. The van der Waals surface area contributed by atoms with Crippen LogP contribution in [0.4, 0.5) is 5.69 Å². The Kier molecular flexibility index (Phi) is 8.65. The van der Waals surface area contributed by atoms with Crippen molar-refractivity contribution in [2.24, 2.45) is 0 Å². The van der Waals surface area contributed by atoms with Gasteiger partial charge in [-0.3, -0.25) is 9.36 Å². The Morgan fingerprint density at radius 2 is 1.33 bits per heavy atom. The van der Waals surface area contributed by atoms with Gasteiger partial charge < -0.3 is 10.0 Å². The molecule has 0 saturated heterocycles. The van der Waals surface area contributed by atoms with E-state index in [9.17, 15) is 9.90 Å². The molecular weight excluding hydrogens is 554 g/mol. The number of rotatable bonds is 7. The maximum absolute atomic E-state index is 14.6. The van der Waals surface area contributed by atoms with E-state index >= 15 is 0 Å². The van der Waals surface area contributed by atoms with Crippen LogP contribution in [0.2, 0.25) is 0 Å². The van der Waals surface area contributed by atoms with Gasteiger partial charge in [-0.2, -0.15) is 0 Å². The molecule has 4 aromatic rings. The Labute approximate surface area is 269 Å². The minimum atomic E-state index is -0.114. The Hall–Kier alpha value is -3.86. The average Bonchev–Trinajstić information content (AvgIpc) is 3.45. The molecule has 0 atom stereocenters. The summed E-state index contributed by atoms with van der Waals surface area (Å²) in [5.74, 6) is 1.04. The lowest BCUT2D eigenvalue weighted by Crippen LogP contribution is -2.29. The summed E-state index contributed by atoms with van der Waals surface area (Å²) in [5.41, 5.74) is 7.19. The Bertz CT molecular complexity index is 1610. The van der Waals surface area contributed by atoms with Gasteiger partial charge in [0.15, 0.2) is 0 Å². The van der Waals surface area contributed by atoms with Gasteiger partial charge in [-0.05, 0) is 79.3 Å². The zero-order valence-corrected chi connectivity index (χ0v) is 27.8. The molecule has 5 heteroatoms. The minimum absolute atomic E-state index is 0.0894. The van der Waals surface area contributed by atoms with E-state index in [2.05, 4.69) is 62.1 Å². The maximum Gasteiger partial charge on any atom is 0.264 e. The van der Waals surface area contributed by atoms with Gasteiger partial charge in [-0.15, -0.1) is 0 Å². The summed E-state index contributed by atoms with van der Waals surface area (Å²) < 4.78 is 1.85. The first kappa shape index (κ1) is 31.1. The first-order valence-corrected chi connectivity index (χ1v) is 17.0. The largest absolute Gasteiger partial charge is 0.507 e. The molecule has 0 unspecified atom stereocenters. The van der Waals surface area contributed by atoms with E-state index in [1.807, 2.05) is 49.0 Å². The van der Waals surface area contributed by atoms with Crippen LogP contribution in [-0.2, 0) is 17.3 Å². The molecule has 2 saturated carbocycles. The number of imidazole rings is 1. The average molecular weight is 604 g/mol. The summed E-state index contributed by atoms with van der Waals surface area (Å²) in [6.07, 6.45) is 12.1. The van der Waals surface area contributed by atoms with Crippen LogP contribution in [0.25, 0.3) is 22.6 Å². The second kappa shape index (κ2) is 12.5. The van der Waals surface area contributed by atoms with Gasteiger partial charge in [0.25, 0.3) is 5.91 Å². The van der Waals surface area contributed by atoms with Crippen LogP contribution < -0.4 is 4.90 Å². The van der Waals surface area contributed by atoms with Crippen LogP contribution >= 0.6 is 0 Å². The summed E-state index contributed by atoms with van der Waals surface area (Å²) in [6, 6.07) is 22.3. The maximum atomic E-state index is 14.6. The predicted molar refractivity (Wildman–Crippen MR) is 186 cm³/mol. The molecule has 0 amide bonds. The SMILES string of the molecule is CCc1nc(-c2cc(C3(C)CCCCC3)c(O)c(C3(C)CCCCC3)c2)n(C(=O)c2ccccc2)c1-c1ccc(N(C)C)cc1. The van der Waals surface area contributed by atoms with Crippen LogP contribution in [0.15, 0.2) is 66.7 Å². The van der Waals surface area contributed by atoms with Crippen molar-refractivity contribution in [1.29, 1.82) is 0 Å². The van der Waals surface area contributed by atoms with E-state index in [0.29, 0.717) is 23.6 Å². The van der Waals surface area contributed by atoms with Crippen molar-refractivity contribution in [3.63, 3.8) is 0 Å². The summed E-state index contributed by atoms with van der Waals surface area (Å²) in [6.45, 7) is 6.77. The number of nitrogens with zero attached hydrogens (tertiary/aromatic N) is 3. The fourth-order valence-electron chi connectivity index (χ4n) is 7.91. The molecule has 45 heavy (non-hydrogen) atoms. The number of phenolic OH excluding ortho intramolecular Hbond substituents is 1. The number of aromatic hydroxyl groups is 1. The van der Waals surface area contributed by atoms with Gasteiger partial charge in [-0.1, -0.05) is 89.6 Å². The Morgan fingerprint density at radius 3 is 1.82 bits per heavy atom. The lowest BCUT2D eigenvalue weighted by Gasteiger charge is -2.39. The Balaban J connectivity index is 1.63. The van der Waals surface area contributed by atoms with Crippen molar-refractivity contribution in [1.82, 2.24) is 9.55 Å². The van der Waals surface area contributed by atoms with Gasteiger partial charge in [0.05, 0.1) is 11.4 Å². The van der Waals surface area contributed by atoms with Crippen LogP contribution in [-0.4, -0.2) is 34.7 Å². The van der Waals surface area contributed by atoms with E-state index in [1.165, 1.54) is 38.5 Å². The molecule has 0 spiro atoms. The number of aromatic nitrogens is 2. The molecule has 236 valence electrons. The first-order valence-electron chi connectivity index (χ1n) is 17.0. The molecule has 5 nitrogen and oxygen atoms in total. The molecule has 2 fully saturated rings. The second-order valence-corrected chi connectivity index (χ2v) is 14.2. The monoisotopic (exact) mass is 603 g/mol. The van der Waals surface area contributed by atoms with E-state index in [0.717, 1.165) is 65.0 Å². The number of carbonyl (C=O) groups excluding carboxylic acids is 1. The third-order valence-corrected chi connectivity index (χ3v) is 10.7. The van der Waals surface area contributed by atoms with Crippen molar-refractivity contribution in [3.05, 3.63) is 89.1 Å². The molecule has 1 aromatic heterocycles. The first-order chi connectivity index (χ1) is 21.6. The second-order valence-electron chi connectivity index (χ2n) is 14.2. The van der Waals surface area contributed by atoms with E-state index in [4.69, 9.17) is 4.98 Å². The van der Waals surface area contributed by atoms with Crippen LogP contribution in [0.5, 0.6) is 5.75 Å². The van der Waals surface area contributed by atoms with E-state index in [-0.39, 0.29) is 16.7 Å². The van der Waals surface area contributed by atoms with Gasteiger partial charge >= 0.3 is 0 Å². The minimum Gasteiger partial charge on any atom is -0.507 e. The van der Waals surface area contributed by atoms with Crippen molar-refractivity contribution >= 4 is 11.6 Å². The van der Waals surface area contributed by atoms with Gasteiger partial charge in [0.1, 0.15) is 11.6 Å². The van der Waals surface area contributed by atoms with Crippen molar-refractivity contribution in [2.75, 3.05) is 19.0 Å². The molecule has 2 aliphatic carbocycles. The van der Waals surface area contributed by atoms with Crippen molar-refractivity contribution < 1.29 is 9.90 Å². The molecular formula is C40H49N3O2. The van der Waals surface area contributed by atoms with E-state index < -0.39 is 0 Å².